The van der Waals surface area contributed by atoms with Crippen molar-refractivity contribution in [3.63, 3.8) is 0 Å². The summed E-state index contributed by atoms with van der Waals surface area (Å²) in [6.07, 6.45) is 0.645. The maximum absolute atomic E-state index is 10.6. The van der Waals surface area contributed by atoms with Crippen molar-refractivity contribution in [2.75, 3.05) is 0 Å². The van der Waals surface area contributed by atoms with Crippen molar-refractivity contribution in [1.29, 1.82) is 0 Å². The molecule has 0 radical (unpaired) electrons. The summed E-state index contributed by atoms with van der Waals surface area (Å²) in [5.41, 5.74) is 0.301. The molecule has 2 rings (SSSR count). The second-order valence-electron chi connectivity index (χ2n) is 2.96. The van der Waals surface area contributed by atoms with Crippen LogP contribution in [0.25, 0.3) is 10.8 Å². The highest BCUT2D eigenvalue weighted by atomic mass is 79.9. The number of phenols is 1. The van der Waals surface area contributed by atoms with E-state index in [4.69, 9.17) is 0 Å². The minimum absolute atomic E-state index is 0.0406. The summed E-state index contributed by atoms with van der Waals surface area (Å²) in [6.45, 7) is 0. The zero-order valence-corrected chi connectivity index (χ0v) is 8.78. The minimum Gasteiger partial charge on any atom is -0.507 e. The third-order valence-electron chi connectivity index (χ3n) is 2.12. The lowest BCUT2D eigenvalue weighted by molar-refractivity contribution is 0.112. The number of hydrogen-bond acceptors (Lipinski definition) is 2. The van der Waals surface area contributed by atoms with Gasteiger partial charge in [-0.2, -0.15) is 0 Å². The summed E-state index contributed by atoms with van der Waals surface area (Å²) < 4.78 is 0.813. The van der Waals surface area contributed by atoms with Crippen LogP contribution < -0.4 is 0 Å². The molecular formula is C11H7BrO2. The van der Waals surface area contributed by atoms with E-state index in [1.807, 2.05) is 18.2 Å². The molecule has 14 heavy (non-hydrogen) atoms. The molecule has 70 valence electrons. The van der Waals surface area contributed by atoms with Crippen molar-refractivity contribution in [2.45, 2.75) is 0 Å². The summed E-state index contributed by atoms with van der Waals surface area (Å²) in [6, 6.07) is 8.98. The molecule has 2 aromatic rings. The van der Waals surface area contributed by atoms with E-state index in [0.717, 1.165) is 9.86 Å². The number of fused-ring (bicyclic) bond motifs is 1. The van der Waals surface area contributed by atoms with E-state index in [1.54, 1.807) is 12.1 Å². The van der Waals surface area contributed by atoms with Crippen LogP contribution in [0.2, 0.25) is 0 Å². The highest BCUT2D eigenvalue weighted by Gasteiger charge is 2.08. The van der Waals surface area contributed by atoms with Crippen molar-refractivity contribution >= 4 is 33.0 Å². The van der Waals surface area contributed by atoms with Gasteiger partial charge in [-0.05, 0) is 11.5 Å². The maximum Gasteiger partial charge on any atom is 0.153 e. The predicted octanol–water partition coefficient (Wildman–Crippen LogP) is 3.12. The van der Waals surface area contributed by atoms with E-state index in [-0.39, 0.29) is 5.75 Å². The van der Waals surface area contributed by atoms with Crippen LogP contribution in [-0.4, -0.2) is 11.4 Å². The Labute approximate surface area is 89.3 Å². The average molecular weight is 251 g/mol. The lowest BCUT2D eigenvalue weighted by Gasteiger charge is -2.05. The molecule has 0 unspecified atom stereocenters. The van der Waals surface area contributed by atoms with E-state index >= 15 is 0 Å². The smallest absolute Gasteiger partial charge is 0.153 e. The number of phenolic OH excluding ortho intramolecular Hbond substituents is 1. The largest absolute Gasteiger partial charge is 0.507 e. The van der Waals surface area contributed by atoms with Gasteiger partial charge in [-0.15, -0.1) is 0 Å². The first kappa shape index (κ1) is 9.21. The van der Waals surface area contributed by atoms with Gasteiger partial charge < -0.3 is 5.11 Å². The standard InChI is InChI=1S/C11H7BrO2/c12-10-5-7(6-13)11(14)9-4-2-1-3-8(9)10/h1-6,14H. The van der Waals surface area contributed by atoms with Crippen LogP contribution >= 0.6 is 15.9 Å². The van der Waals surface area contributed by atoms with Crippen LogP contribution in [0, 0.1) is 0 Å². The van der Waals surface area contributed by atoms with Crippen LogP contribution in [0.15, 0.2) is 34.8 Å². The number of aldehydes is 1. The molecule has 0 aliphatic carbocycles. The van der Waals surface area contributed by atoms with Gasteiger partial charge in [0.1, 0.15) is 5.75 Å². The van der Waals surface area contributed by atoms with E-state index in [1.165, 1.54) is 0 Å². The van der Waals surface area contributed by atoms with Gasteiger partial charge in [0.25, 0.3) is 0 Å². The highest BCUT2D eigenvalue weighted by Crippen LogP contribution is 2.33. The monoisotopic (exact) mass is 250 g/mol. The number of carbonyl (C=O) groups is 1. The second-order valence-corrected chi connectivity index (χ2v) is 3.81. The van der Waals surface area contributed by atoms with Crippen molar-refractivity contribution in [2.24, 2.45) is 0 Å². The van der Waals surface area contributed by atoms with E-state index in [2.05, 4.69) is 15.9 Å². The van der Waals surface area contributed by atoms with E-state index in [9.17, 15) is 9.90 Å². The Morgan fingerprint density at radius 1 is 1.21 bits per heavy atom. The average Bonchev–Trinajstić information content (AvgIpc) is 2.23. The molecule has 0 spiro atoms. The summed E-state index contributed by atoms with van der Waals surface area (Å²) in [5.74, 6) is 0.0406. The molecule has 0 aromatic heterocycles. The number of rotatable bonds is 1. The minimum atomic E-state index is 0.0406. The Morgan fingerprint density at radius 2 is 1.86 bits per heavy atom. The SMILES string of the molecule is O=Cc1cc(Br)c2ccccc2c1O. The molecule has 0 atom stereocenters. The van der Waals surface area contributed by atoms with E-state index in [0.29, 0.717) is 17.2 Å². The molecule has 2 aromatic carbocycles. The Bertz CT molecular complexity index is 506. The number of hydrogen-bond donors (Lipinski definition) is 1. The first-order valence-electron chi connectivity index (χ1n) is 4.09. The van der Waals surface area contributed by atoms with Gasteiger partial charge in [-0.1, -0.05) is 40.2 Å². The van der Waals surface area contributed by atoms with Gasteiger partial charge in [-0.25, -0.2) is 0 Å². The topological polar surface area (TPSA) is 37.3 Å². The summed E-state index contributed by atoms with van der Waals surface area (Å²) in [4.78, 5) is 10.6. The van der Waals surface area contributed by atoms with Crippen LogP contribution in [0.5, 0.6) is 5.75 Å². The molecule has 0 aliphatic rings. The molecular weight excluding hydrogens is 244 g/mol. The van der Waals surface area contributed by atoms with Gasteiger partial charge in [0.2, 0.25) is 0 Å². The Morgan fingerprint density at radius 3 is 2.50 bits per heavy atom. The van der Waals surface area contributed by atoms with Crippen LogP contribution in [0.1, 0.15) is 10.4 Å². The third kappa shape index (κ3) is 1.30. The predicted molar refractivity (Wildman–Crippen MR) is 58.7 cm³/mol. The molecule has 0 heterocycles. The maximum atomic E-state index is 10.6. The van der Waals surface area contributed by atoms with Crippen LogP contribution in [0.4, 0.5) is 0 Å². The Hall–Kier alpha value is -1.35. The number of aromatic hydroxyl groups is 1. The lowest BCUT2D eigenvalue weighted by atomic mass is 10.1. The second kappa shape index (κ2) is 3.42. The fourth-order valence-electron chi connectivity index (χ4n) is 1.43. The van der Waals surface area contributed by atoms with E-state index < -0.39 is 0 Å². The zero-order valence-electron chi connectivity index (χ0n) is 7.20. The number of carbonyl (C=O) groups excluding carboxylic acids is 1. The van der Waals surface area contributed by atoms with Gasteiger partial charge >= 0.3 is 0 Å². The normalized spacial score (nSPS) is 10.4. The molecule has 1 N–H and O–H groups in total. The molecule has 0 amide bonds. The molecule has 0 bridgehead atoms. The van der Waals surface area contributed by atoms with Crippen molar-refractivity contribution < 1.29 is 9.90 Å². The fourth-order valence-corrected chi connectivity index (χ4v) is 2.02. The lowest BCUT2D eigenvalue weighted by Crippen LogP contribution is -1.84. The highest BCUT2D eigenvalue weighted by molar-refractivity contribution is 9.10. The van der Waals surface area contributed by atoms with Gasteiger partial charge in [-0.3, -0.25) is 4.79 Å². The molecule has 0 saturated heterocycles. The summed E-state index contributed by atoms with van der Waals surface area (Å²) in [7, 11) is 0. The van der Waals surface area contributed by atoms with Crippen LogP contribution in [0.3, 0.4) is 0 Å². The third-order valence-corrected chi connectivity index (χ3v) is 2.78. The molecule has 2 nitrogen and oxygen atoms in total. The van der Waals surface area contributed by atoms with Crippen LogP contribution in [-0.2, 0) is 0 Å². The molecule has 3 heteroatoms. The first-order chi connectivity index (χ1) is 6.74. The molecule has 0 fully saturated rings. The number of halogens is 1. The Kier molecular flexibility index (Phi) is 2.25. The van der Waals surface area contributed by atoms with Gasteiger partial charge in [0.05, 0.1) is 5.56 Å². The summed E-state index contributed by atoms with van der Waals surface area (Å²) in [5, 5.41) is 11.3. The van der Waals surface area contributed by atoms with Crippen molar-refractivity contribution in [3.8, 4) is 5.75 Å². The van der Waals surface area contributed by atoms with Gasteiger partial charge in [0.15, 0.2) is 6.29 Å². The van der Waals surface area contributed by atoms with Crippen molar-refractivity contribution in [1.82, 2.24) is 0 Å². The fraction of sp³-hybridized carbons (Fsp3) is 0. The summed E-state index contributed by atoms with van der Waals surface area (Å²) >= 11 is 3.35. The number of benzene rings is 2. The first-order valence-corrected chi connectivity index (χ1v) is 4.88. The molecule has 0 aliphatic heterocycles. The molecule has 0 saturated carbocycles. The van der Waals surface area contributed by atoms with Crippen molar-refractivity contribution in [3.05, 3.63) is 40.4 Å². The zero-order chi connectivity index (χ0) is 10.1. The quantitative estimate of drug-likeness (QED) is 0.790. The Balaban J connectivity index is 2.94. The van der Waals surface area contributed by atoms with Gasteiger partial charge in [0, 0.05) is 9.86 Å².